The predicted octanol–water partition coefficient (Wildman–Crippen LogP) is 1.36. The zero-order chi connectivity index (χ0) is 20.5. The molecule has 0 aromatic heterocycles. The molecule has 8 heteroatoms. The van der Waals surface area contributed by atoms with Gasteiger partial charge in [-0.1, -0.05) is 30.3 Å². The predicted molar refractivity (Wildman–Crippen MR) is 117 cm³/mol. The standard InChI is InChI=1S/C21H34N4O3S/c1-2-22-21(25-11-9-20(17-25)24-12-14-28-15-13-24)23-10-6-16-29(26,27)18-19-7-4-3-5-8-19/h3-5,7-8,20H,2,6,9-18H2,1H3,(H,22,23). The van der Waals surface area contributed by atoms with Crippen molar-refractivity contribution >= 4 is 15.8 Å². The van der Waals surface area contributed by atoms with Crippen LogP contribution < -0.4 is 5.32 Å². The molecule has 0 bridgehead atoms. The van der Waals surface area contributed by atoms with Crippen molar-refractivity contribution in [2.45, 2.75) is 31.6 Å². The Bertz CT molecular complexity index is 748. The average molecular weight is 423 g/mol. The third-order valence-electron chi connectivity index (χ3n) is 5.46. The normalized spacial score (nSPS) is 21.5. The van der Waals surface area contributed by atoms with Crippen molar-refractivity contribution in [1.29, 1.82) is 0 Å². The number of hydrogen-bond donors (Lipinski definition) is 1. The minimum atomic E-state index is -3.11. The van der Waals surface area contributed by atoms with E-state index in [1.165, 1.54) is 0 Å². The summed E-state index contributed by atoms with van der Waals surface area (Å²) >= 11 is 0. The van der Waals surface area contributed by atoms with Crippen molar-refractivity contribution < 1.29 is 13.2 Å². The lowest BCUT2D eigenvalue weighted by atomic mass is 10.2. The Morgan fingerprint density at radius 3 is 2.69 bits per heavy atom. The second-order valence-electron chi connectivity index (χ2n) is 7.70. The topological polar surface area (TPSA) is 74.2 Å². The van der Waals surface area contributed by atoms with E-state index in [1.807, 2.05) is 30.3 Å². The van der Waals surface area contributed by atoms with Crippen LogP contribution in [-0.2, 0) is 20.3 Å². The van der Waals surface area contributed by atoms with Crippen molar-refractivity contribution in [2.75, 3.05) is 58.2 Å². The molecule has 1 atom stereocenters. The molecule has 7 nitrogen and oxygen atoms in total. The molecule has 0 amide bonds. The van der Waals surface area contributed by atoms with Gasteiger partial charge < -0.3 is 15.0 Å². The van der Waals surface area contributed by atoms with Gasteiger partial charge in [0.15, 0.2) is 15.8 Å². The lowest BCUT2D eigenvalue weighted by molar-refractivity contribution is 0.0195. The maximum Gasteiger partial charge on any atom is 0.193 e. The van der Waals surface area contributed by atoms with Crippen LogP contribution in [0.1, 0.15) is 25.3 Å². The van der Waals surface area contributed by atoms with Gasteiger partial charge in [0.05, 0.1) is 24.7 Å². The molecule has 0 spiro atoms. The van der Waals surface area contributed by atoms with Gasteiger partial charge in [-0.2, -0.15) is 0 Å². The monoisotopic (exact) mass is 422 g/mol. The Hall–Kier alpha value is -1.64. The van der Waals surface area contributed by atoms with Gasteiger partial charge in [-0.3, -0.25) is 9.89 Å². The third-order valence-corrected chi connectivity index (χ3v) is 7.15. The van der Waals surface area contributed by atoms with E-state index >= 15 is 0 Å². The first-order valence-electron chi connectivity index (χ1n) is 10.7. The molecule has 1 aromatic rings. The van der Waals surface area contributed by atoms with E-state index in [4.69, 9.17) is 9.73 Å². The number of ether oxygens (including phenoxy) is 1. The van der Waals surface area contributed by atoms with E-state index < -0.39 is 9.84 Å². The van der Waals surface area contributed by atoms with E-state index in [0.29, 0.717) is 19.0 Å². The fourth-order valence-corrected chi connectivity index (χ4v) is 5.38. The first-order chi connectivity index (χ1) is 14.1. The molecule has 2 heterocycles. The number of morpholine rings is 1. The highest BCUT2D eigenvalue weighted by molar-refractivity contribution is 7.90. The highest BCUT2D eigenvalue weighted by atomic mass is 32.2. The molecule has 2 aliphatic heterocycles. The molecule has 1 unspecified atom stereocenters. The Morgan fingerprint density at radius 2 is 1.97 bits per heavy atom. The molecule has 2 aliphatic rings. The Balaban J connectivity index is 1.47. The molecular weight excluding hydrogens is 388 g/mol. The van der Waals surface area contributed by atoms with Crippen LogP contribution in [0.4, 0.5) is 0 Å². The summed E-state index contributed by atoms with van der Waals surface area (Å²) in [4.78, 5) is 9.53. The largest absolute Gasteiger partial charge is 0.379 e. The molecule has 2 saturated heterocycles. The fourth-order valence-electron chi connectivity index (χ4n) is 3.97. The van der Waals surface area contributed by atoms with Gasteiger partial charge in [0.25, 0.3) is 0 Å². The number of guanidine groups is 1. The number of hydrogen-bond acceptors (Lipinski definition) is 5. The summed E-state index contributed by atoms with van der Waals surface area (Å²) in [5, 5.41) is 3.37. The van der Waals surface area contributed by atoms with Crippen molar-refractivity contribution in [1.82, 2.24) is 15.1 Å². The van der Waals surface area contributed by atoms with Crippen LogP contribution in [0.25, 0.3) is 0 Å². The van der Waals surface area contributed by atoms with Crippen LogP contribution >= 0.6 is 0 Å². The third kappa shape index (κ3) is 6.97. The van der Waals surface area contributed by atoms with E-state index in [0.717, 1.165) is 63.9 Å². The number of benzene rings is 1. The van der Waals surface area contributed by atoms with E-state index in [-0.39, 0.29) is 11.5 Å². The van der Waals surface area contributed by atoms with Crippen molar-refractivity contribution in [3.05, 3.63) is 35.9 Å². The quantitative estimate of drug-likeness (QED) is 0.387. The highest BCUT2D eigenvalue weighted by Crippen LogP contribution is 2.17. The van der Waals surface area contributed by atoms with Crippen LogP contribution in [0, 0.1) is 0 Å². The molecule has 3 rings (SSSR count). The summed E-state index contributed by atoms with van der Waals surface area (Å²) in [6.07, 6.45) is 1.68. The van der Waals surface area contributed by atoms with E-state index in [2.05, 4.69) is 22.0 Å². The van der Waals surface area contributed by atoms with Gasteiger partial charge in [0, 0.05) is 45.3 Å². The SMILES string of the molecule is CCNC(=NCCCS(=O)(=O)Cc1ccccc1)N1CCC(N2CCOCC2)C1. The van der Waals surface area contributed by atoms with E-state index in [9.17, 15) is 8.42 Å². The molecule has 0 aliphatic carbocycles. The highest BCUT2D eigenvalue weighted by Gasteiger charge is 2.30. The molecule has 29 heavy (non-hydrogen) atoms. The van der Waals surface area contributed by atoms with Crippen LogP contribution in [0.5, 0.6) is 0 Å². The molecule has 162 valence electrons. The van der Waals surface area contributed by atoms with Crippen molar-refractivity contribution in [3.8, 4) is 0 Å². The fraction of sp³-hybridized carbons (Fsp3) is 0.667. The molecule has 0 saturated carbocycles. The number of sulfone groups is 1. The maximum absolute atomic E-state index is 12.4. The first-order valence-corrected chi connectivity index (χ1v) is 12.5. The maximum atomic E-state index is 12.4. The second kappa shape index (κ2) is 10.9. The number of rotatable bonds is 8. The molecule has 0 radical (unpaired) electrons. The van der Waals surface area contributed by atoms with Crippen molar-refractivity contribution in [2.24, 2.45) is 4.99 Å². The van der Waals surface area contributed by atoms with Gasteiger partial charge in [-0.25, -0.2) is 8.42 Å². The molecular formula is C21H34N4O3S. The minimum absolute atomic E-state index is 0.102. The molecule has 2 fully saturated rings. The summed E-state index contributed by atoms with van der Waals surface area (Å²) in [6.45, 7) is 9.01. The first kappa shape index (κ1) is 22.1. The van der Waals surface area contributed by atoms with Gasteiger partial charge in [0.1, 0.15) is 0 Å². The van der Waals surface area contributed by atoms with E-state index in [1.54, 1.807) is 0 Å². The van der Waals surface area contributed by atoms with Crippen LogP contribution in [0.2, 0.25) is 0 Å². The Morgan fingerprint density at radius 1 is 1.21 bits per heavy atom. The lowest BCUT2D eigenvalue weighted by Gasteiger charge is -2.32. The number of nitrogens with zero attached hydrogens (tertiary/aromatic N) is 3. The summed E-state index contributed by atoms with van der Waals surface area (Å²) in [6, 6.07) is 9.91. The number of nitrogens with one attached hydrogen (secondary N) is 1. The van der Waals surface area contributed by atoms with Gasteiger partial charge in [-0.15, -0.1) is 0 Å². The van der Waals surface area contributed by atoms with Gasteiger partial charge >= 0.3 is 0 Å². The van der Waals surface area contributed by atoms with Crippen LogP contribution in [-0.4, -0.2) is 88.5 Å². The lowest BCUT2D eigenvalue weighted by Crippen LogP contribution is -2.46. The van der Waals surface area contributed by atoms with Crippen LogP contribution in [0.15, 0.2) is 35.3 Å². The smallest absolute Gasteiger partial charge is 0.193 e. The average Bonchev–Trinajstić information content (AvgIpc) is 3.21. The summed E-state index contributed by atoms with van der Waals surface area (Å²) < 4.78 is 30.2. The number of aliphatic imine (C=N–C) groups is 1. The minimum Gasteiger partial charge on any atom is -0.379 e. The van der Waals surface area contributed by atoms with Crippen LogP contribution in [0.3, 0.4) is 0 Å². The second-order valence-corrected chi connectivity index (χ2v) is 9.89. The zero-order valence-corrected chi connectivity index (χ0v) is 18.2. The van der Waals surface area contributed by atoms with Crippen molar-refractivity contribution in [3.63, 3.8) is 0 Å². The number of likely N-dealkylation sites (tertiary alicyclic amines) is 1. The zero-order valence-electron chi connectivity index (χ0n) is 17.4. The summed E-state index contributed by atoms with van der Waals surface area (Å²) in [7, 11) is -3.11. The summed E-state index contributed by atoms with van der Waals surface area (Å²) in [5.74, 6) is 1.18. The molecule has 1 N–H and O–H groups in total. The summed E-state index contributed by atoms with van der Waals surface area (Å²) in [5.41, 5.74) is 0.843. The van der Waals surface area contributed by atoms with Gasteiger partial charge in [0.2, 0.25) is 0 Å². The Kier molecular flexibility index (Phi) is 8.32. The van der Waals surface area contributed by atoms with Gasteiger partial charge in [-0.05, 0) is 25.3 Å². The Labute approximate surface area is 175 Å². The molecule has 1 aromatic carbocycles.